The van der Waals surface area contributed by atoms with Gasteiger partial charge < -0.3 is 9.47 Å². The van der Waals surface area contributed by atoms with E-state index in [0.29, 0.717) is 6.10 Å². The smallest absolute Gasteiger partial charge is 0.0594 e. The van der Waals surface area contributed by atoms with Gasteiger partial charge in [0.2, 0.25) is 0 Å². The molecule has 3 nitrogen and oxygen atoms in total. The molecule has 1 aliphatic heterocycles. The molecule has 1 aliphatic rings. The average Bonchev–Trinajstić information content (AvgIpc) is 2.35. The third kappa shape index (κ3) is 5.83. The van der Waals surface area contributed by atoms with Crippen LogP contribution in [-0.4, -0.2) is 51.0 Å². The lowest BCUT2D eigenvalue weighted by Gasteiger charge is -2.27. The fraction of sp³-hybridized carbons (Fsp3) is 1.00. The molecule has 1 saturated heterocycles. The summed E-state index contributed by atoms with van der Waals surface area (Å²) in [5.41, 5.74) is 0. The molecular formula is C13H27NO2. The van der Waals surface area contributed by atoms with Crippen molar-refractivity contribution in [3.63, 3.8) is 0 Å². The van der Waals surface area contributed by atoms with E-state index in [2.05, 4.69) is 11.8 Å². The lowest BCUT2D eigenvalue weighted by Crippen LogP contribution is -2.37. The van der Waals surface area contributed by atoms with Gasteiger partial charge in [-0.15, -0.1) is 0 Å². The van der Waals surface area contributed by atoms with E-state index in [-0.39, 0.29) is 0 Å². The second-order valence-corrected chi connectivity index (χ2v) is 4.60. The molecule has 16 heavy (non-hydrogen) atoms. The van der Waals surface area contributed by atoms with Gasteiger partial charge in [0, 0.05) is 20.2 Å². The minimum Gasteiger partial charge on any atom is -0.381 e. The third-order valence-electron chi connectivity index (χ3n) is 3.32. The lowest BCUT2D eigenvalue weighted by atomic mass is 10.1. The molecule has 0 aliphatic carbocycles. The monoisotopic (exact) mass is 229 g/mol. The molecule has 0 N–H and O–H groups in total. The summed E-state index contributed by atoms with van der Waals surface area (Å²) in [5, 5.41) is 0. The maximum atomic E-state index is 5.50. The summed E-state index contributed by atoms with van der Waals surface area (Å²) < 4.78 is 10.8. The molecule has 0 spiro atoms. The molecule has 1 fully saturated rings. The Kier molecular flexibility index (Phi) is 7.81. The fourth-order valence-electron chi connectivity index (χ4n) is 2.18. The molecule has 3 heteroatoms. The molecule has 0 radical (unpaired) electrons. The van der Waals surface area contributed by atoms with E-state index in [1.807, 2.05) is 7.11 Å². The SMILES string of the molecule is CCCC[C@@H](CCCN1CCOCC1)OC. The normalized spacial score (nSPS) is 19.9. The van der Waals surface area contributed by atoms with Crippen LogP contribution in [0.3, 0.4) is 0 Å². The molecule has 0 unspecified atom stereocenters. The van der Waals surface area contributed by atoms with Gasteiger partial charge in [0.1, 0.15) is 0 Å². The summed E-state index contributed by atoms with van der Waals surface area (Å²) in [6.07, 6.45) is 6.70. The zero-order chi connectivity index (χ0) is 11.6. The van der Waals surface area contributed by atoms with Crippen molar-refractivity contribution in [1.82, 2.24) is 4.90 Å². The van der Waals surface area contributed by atoms with Crippen molar-refractivity contribution in [3.8, 4) is 0 Å². The van der Waals surface area contributed by atoms with Gasteiger partial charge in [-0.2, -0.15) is 0 Å². The highest BCUT2D eigenvalue weighted by molar-refractivity contribution is 4.64. The Morgan fingerprint density at radius 2 is 1.88 bits per heavy atom. The van der Waals surface area contributed by atoms with Gasteiger partial charge in [0.15, 0.2) is 0 Å². The van der Waals surface area contributed by atoms with Crippen LogP contribution < -0.4 is 0 Å². The molecule has 0 amide bonds. The predicted molar refractivity (Wildman–Crippen MR) is 66.8 cm³/mol. The van der Waals surface area contributed by atoms with Gasteiger partial charge in [0.05, 0.1) is 19.3 Å². The minimum absolute atomic E-state index is 0.473. The number of ether oxygens (including phenoxy) is 2. The molecule has 0 aromatic carbocycles. The fourth-order valence-corrected chi connectivity index (χ4v) is 2.18. The van der Waals surface area contributed by atoms with Gasteiger partial charge >= 0.3 is 0 Å². The van der Waals surface area contributed by atoms with Gasteiger partial charge in [-0.3, -0.25) is 4.90 Å². The van der Waals surface area contributed by atoms with Crippen LogP contribution in [-0.2, 0) is 9.47 Å². The van der Waals surface area contributed by atoms with E-state index >= 15 is 0 Å². The summed E-state index contributed by atoms with van der Waals surface area (Å²) in [5.74, 6) is 0. The van der Waals surface area contributed by atoms with E-state index in [1.54, 1.807) is 0 Å². The number of nitrogens with zero attached hydrogens (tertiary/aromatic N) is 1. The molecule has 1 heterocycles. The zero-order valence-corrected chi connectivity index (χ0v) is 10.9. The predicted octanol–water partition coefficient (Wildman–Crippen LogP) is 2.30. The van der Waals surface area contributed by atoms with Crippen LogP contribution in [0.4, 0.5) is 0 Å². The van der Waals surface area contributed by atoms with Gasteiger partial charge in [-0.25, -0.2) is 0 Å². The van der Waals surface area contributed by atoms with Gasteiger partial charge in [-0.05, 0) is 25.8 Å². The quantitative estimate of drug-likeness (QED) is 0.637. The Bertz CT molecular complexity index is 158. The number of rotatable bonds is 8. The third-order valence-corrected chi connectivity index (χ3v) is 3.32. The van der Waals surface area contributed by atoms with Crippen molar-refractivity contribution in [2.45, 2.75) is 45.1 Å². The molecule has 1 atom stereocenters. The molecule has 0 aromatic rings. The van der Waals surface area contributed by atoms with Crippen LogP contribution in [0.1, 0.15) is 39.0 Å². The molecule has 1 rings (SSSR count). The molecule has 0 saturated carbocycles. The topological polar surface area (TPSA) is 21.7 Å². The van der Waals surface area contributed by atoms with Crippen LogP contribution in [0.25, 0.3) is 0 Å². The zero-order valence-electron chi connectivity index (χ0n) is 10.9. The largest absolute Gasteiger partial charge is 0.381 e. The van der Waals surface area contributed by atoms with E-state index in [9.17, 15) is 0 Å². The van der Waals surface area contributed by atoms with Gasteiger partial charge in [-0.1, -0.05) is 19.8 Å². The Hall–Kier alpha value is -0.120. The van der Waals surface area contributed by atoms with Crippen LogP contribution >= 0.6 is 0 Å². The van der Waals surface area contributed by atoms with Crippen molar-refractivity contribution in [2.24, 2.45) is 0 Å². The standard InChI is InChI=1S/C13H27NO2/c1-3-4-6-13(15-2)7-5-8-14-9-11-16-12-10-14/h13H,3-12H2,1-2H3/t13-/m0/s1. The summed E-state index contributed by atoms with van der Waals surface area (Å²) >= 11 is 0. The van der Waals surface area contributed by atoms with Crippen molar-refractivity contribution in [1.29, 1.82) is 0 Å². The van der Waals surface area contributed by atoms with Gasteiger partial charge in [0.25, 0.3) is 0 Å². The summed E-state index contributed by atoms with van der Waals surface area (Å²) in [6.45, 7) is 7.46. The summed E-state index contributed by atoms with van der Waals surface area (Å²) in [7, 11) is 1.84. The first-order chi connectivity index (χ1) is 7.86. The van der Waals surface area contributed by atoms with Crippen molar-refractivity contribution in [3.05, 3.63) is 0 Å². The van der Waals surface area contributed by atoms with Crippen molar-refractivity contribution >= 4 is 0 Å². The lowest BCUT2D eigenvalue weighted by molar-refractivity contribution is 0.0325. The molecule has 0 bridgehead atoms. The Labute approximate surface area is 100 Å². The highest BCUT2D eigenvalue weighted by atomic mass is 16.5. The Morgan fingerprint density at radius 3 is 2.50 bits per heavy atom. The molecular weight excluding hydrogens is 202 g/mol. The highest BCUT2D eigenvalue weighted by Crippen LogP contribution is 2.11. The van der Waals surface area contributed by atoms with Crippen molar-refractivity contribution in [2.75, 3.05) is 40.0 Å². The van der Waals surface area contributed by atoms with E-state index in [0.717, 1.165) is 26.3 Å². The first-order valence-electron chi connectivity index (χ1n) is 6.69. The first-order valence-corrected chi connectivity index (χ1v) is 6.69. The maximum Gasteiger partial charge on any atom is 0.0594 e. The molecule has 0 aromatic heterocycles. The number of hydrogen-bond donors (Lipinski definition) is 0. The first kappa shape index (κ1) is 13.9. The summed E-state index contributed by atoms with van der Waals surface area (Å²) in [6, 6.07) is 0. The summed E-state index contributed by atoms with van der Waals surface area (Å²) in [4.78, 5) is 2.50. The molecule has 96 valence electrons. The van der Waals surface area contributed by atoms with Crippen molar-refractivity contribution < 1.29 is 9.47 Å². The number of unbranched alkanes of at least 4 members (excludes halogenated alkanes) is 1. The number of hydrogen-bond acceptors (Lipinski definition) is 3. The highest BCUT2D eigenvalue weighted by Gasteiger charge is 2.11. The average molecular weight is 229 g/mol. The van der Waals surface area contributed by atoms with Crippen LogP contribution in [0.15, 0.2) is 0 Å². The Morgan fingerprint density at radius 1 is 1.19 bits per heavy atom. The van der Waals surface area contributed by atoms with Crippen LogP contribution in [0, 0.1) is 0 Å². The van der Waals surface area contributed by atoms with E-state index in [4.69, 9.17) is 9.47 Å². The Balaban J connectivity index is 2.02. The number of methoxy groups -OCH3 is 1. The second-order valence-electron chi connectivity index (χ2n) is 4.60. The van der Waals surface area contributed by atoms with Crippen LogP contribution in [0.5, 0.6) is 0 Å². The minimum atomic E-state index is 0.473. The number of morpholine rings is 1. The second kappa shape index (κ2) is 8.97. The van der Waals surface area contributed by atoms with Crippen LogP contribution in [0.2, 0.25) is 0 Å². The van der Waals surface area contributed by atoms with E-state index < -0.39 is 0 Å². The maximum absolute atomic E-state index is 5.50. The van der Waals surface area contributed by atoms with E-state index in [1.165, 1.54) is 38.6 Å².